The zero-order valence-electron chi connectivity index (χ0n) is 9.95. The third kappa shape index (κ3) is 2.37. The summed E-state index contributed by atoms with van der Waals surface area (Å²) in [6.07, 6.45) is 0. The highest BCUT2D eigenvalue weighted by Crippen LogP contribution is 2.30. The molecule has 3 aromatic rings. The van der Waals surface area contributed by atoms with Gasteiger partial charge < -0.3 is 9.72 Å². The first-order chi connectivity index (χ1) is 9.17. The van der Waals surface area contributed by atoms with Crippen molar-refractivity contribution in [2.75, 3.05) is 7.11 Å². The first-order valence-electron chi connectivity index (χ1n) is 5.53. The van der Waals surface area contributed by atoms with Gasteiger partial charge in [-0.2, -0.15) is 4.98 Å². The van der Waals surface area contributed by atoms with Gasteiger partial charge in [-0.3, -0.25) is 0 Å². The Kier molecular flexibility index (Phi) is 3.28. The number of aromatic nitrogens is 3. The summed E-state index contributed by atoms with van der Waals surface area (Å²) < 4.78 is 7.07. The molecule has 2 aromatic heterocycles. The molecule has 4 nitrogen and oxygen atoms in total. The van der Waals surface area contributed by atoms with Crippen LogP contribution in [0.5, 0.6) is 5.88 Å². The van der Waals surface area contributed by atoms with Gasteiger partial charge in [0.2, 0.25) is 5.88 Å². The SMILES string of the molecule is COc1ccc2[nH]c(-c3ccc(Br)cc3Br)nc2n1. The van der Waals surface area contributed by atoms with Crippen LogP contribution in [0.1, 0.15) is 0 Å². The zero-order valence-corrected chi connectivity index (χ0v) is 13.1. The van der Waals surface area contributed by atoms with Gasteiger partial charge in [-0.05, 0) is 40.2 Å². The molecule has 96 valence electrons. The Balaban J connectivity index is 2.14. The molecule has 0 aliphatic heterocycles. The molecule has 0 saturated carbocycles. The van der Waals surface area contributed by atoms with E-state index in [2.05, 4.69) is 46.8 Å². The van der Waals surface area contributed by atoms with Crippen molar-refractivity contribution in [2.45, 2.75) is 0 Å². The second-order valence-corrected chi connectivity index (χ2v) is 5.70. The number of hydrogen-bond acceptors (Lipinski definition) is 3. The smallest absolute Gasteiger partial charge is 0.215 e. The van der Waals surface area contributed by atoms with Crippen LogP contribution in [0.4, 0.5) is 0 Å². The molecule has 0 fully saturated rings. The Morgan fingerprint density at radius 1 is 1.11 bits per heavy atom. The minimum absolute atomic E-state index is 0.556. The van der Waals surface area contributed by atoms with Crippen LogP contribution in [0.25, 0.3) is 22.6 Å². The average molecular weight is 383 g/mol. The van der Waals surface area contributed by atoms with Crippen molar-refractivity contribution >= 4 is 43.0 Å². The zero-order chi connectivity index (χ0) is 13.4. The monoisotopic (exact) mass is 381 g/mol. The molecule has 0 atom stereocenters. The molecule has 0 amide bonds. The predicted octanol–water partition coefficient (Wildman–Crippen LogP) is 4.16. The van der Waals surface area contributed by atoms with E-state index in [9.17, 15) is 0 Å². The molecule has 1 N–H and O–H groups in total. The van der Waals surface area contributed by atoms with Crippen LogP contribution >= 0.6 is 31.9 Å². The highest BCUT2D eigenvalue weighted by molar-refractivity contribution is 9.11. The van der Waals surface area contributed by atoms with E-state index >= 15 is 0 Å². The summed E-state index contributed by atoms with van der Waals surface area (Å²) in [7, 11) is 1.59. The largest absolute Gasteiger partial charge is 0.481 e. The lowest BCUT2D eigenvalue weighted by atomic mass is 10.2. The molecule has 3 rings (SSSR count). The van der Waals surface area contributed by atoms with Crippen LogP contribution in [0.15, 0.2) is 39.3 Å². The summed E-state index contributed by atoms with van der Waals surface area (Å²) in [6.45, 7) is 0. The fourth-order valence-electron chi connectivity index (χ4n) is 1.80. The van der Waals surface area contributed by atoms with Gasteiger partial charge >= 0.3 is 0 Å². The Morgan fingerprint density at radius 3 is 2.68 bits per heavy atom. The predicted molar refractivity (Wildman–Crippen MR) is 81.3 cm³/mol. The maximum absolute atomic E-state index is 5.10. The maximum Gasteiger partial charge on any atom is 0.215 e. The van der Waals surface area contributed by atoms with Gasteiger partial charge in [0.15, 0.2) is 5.65 Å². The van der Waals surface area contributed by atoms with Crippen LogP contribution in [-0.4, -0.2) is 22.1 Å². The number of methoxy groups -OCH3 is 1. The van der Waals surface area contributed by atoms with E-state index in [0.29, 0.717) is 11.5 Å². The van der Waals surface area contributed by atoms with Crippen molar-refractivity contribution in [2.24, 2.45) is 0 Å². The molecule has 0 bridgehead atoms. The molecule has 2 heterocycles. The molecule has 0 aliphatic rings. The van der Waals surface area contributed by atoms with Gasteiger partial charge in [-0.15, -0.1) is 0 Å². The summed E-state index contributed by atoms with van der Waals surface area (Å²) in [5.41, 5.74) is 2.51. The number of H-pyrrole nitrogens is 1. The van der Waals surface area contributed by atoms with Crippen molar-refractivity contribution in [1.29, 1.82) is 0 Å². The van der Waals surface area contributed by atoms with Crippen LogP contribution in [0.3, 0.4) is 0 Å². The van der Waals surface area contributed by atoms with Crippen molar-refractivity contribution in [3.8, 4) is 17.3 Å². The van der Waals surface area contributed by atoms with Gasteiger partial charge in [0, 0.05) is 20.6 Å². The summed E-state index contributed by atoms with van der Waals surface area (Å²) in [6, 6.07) is 9.66. The third-order valence-electron chi connectivity index (χ3n) is 2.72. The molecular formula is C13H9Br2N3O. The van der Waals surface area contributed by atoms with Gasteiger partial charge in [0.25, 0.3) is 0 Å². The van der Waals surface area contributed by atoms with E-state index in [1.165, 1.54) is 0 Å². The number of ether oxygens (including phenoxy) is 1. The second kappa shape index (κ2) is 4.94. The average Bonchev–Trinajstić information content (AvgIpc) is 2.80. The Morgan fingerprint density at radius 2 is 1.95 bits per heavy atom. The first-order valence-corrected chi connectivity index (χ1v) is 7.12. The summed E-state index contributed by atoms with van der Waals surface area (Å²) in [5, 5.41) is 0. The lowest BCUT2D eigenvalue weighted by Crippen LogP contribution is -1.86. The normalized spacial score (nSPS) is 10.9. The molecule has 1 aromatic carbocycles. The standard InChI is InChI=1S/C13H9Br2N3O/c1-19-11-5-4-10-13(17-11)18-12(16-10)8-3-2-7(14)6-9(8)15/h2-6H,1H3,(H,16,17,18). The molecule has 0 spiro atoms. The highest BCUT2D eigenvalue weighted by atomic mass is 79.9. The third-order valence-corrected chi connectivity index (χ3v) is 3.87. The minimum Gasteiger partial charge on any atom is -0.481 e. The number of pyridine rings is 1. The van der Waals surface area contributed by atoms with Gasteiger partial charge in [0.1, 0.15) is 5.82 Å². The Hall–Kier alpha value is -1.40. The van der Waals surface area contributed by atoms with Crippen LogP contribution in [0.2, 0.25) is 0 Å². The number of benzene rings is 1. The van der Waals surface area contributed by atoms with E-state index in [1.807, 2.05) is 24.3 Å². The molecular weight excluding hydrogens is 374 g/mol. The summed E-state index contributed by atoms with van der Waals surface area (Å²) in [4.78, 5) is 12.0. The van der Waals surface area contributed by atoms with Crippen LogP contribution in [-0.2, 0) is 0 Å². The van der Waals surface area contributed by atoms with E-state index in [0.717, 1.165) is 25.8 Å². The number of halogens is 2. The topological polar surface area (TPSA) is 50.8 Å². The second-order valence-electron chi connectivity index (χ2n) is 3.93. The fraction of sp³-hybridized carbons (Fsp3) is 0.0769. The van der Waals surface area contributed by atoms with Crippen molar-refractivity contribution in [1.82, 2.24) is 15.0 Å². The number of fused-ring (bicyclic) bond motifs is 1. The first kappa shape index (κ1) is 12.6. The number of aromatic amines is 1. The van der Waals surface area contributed by atoms with Gasteiger partial charge in [-0.25, -0.2) is 4.98 Å². The van der Waals surface area contributed by atoms with E-state index in [-0.39, 0.29) is 0 Å². The number of nitrogens with one attached hydrogen (secondary N) is 1. The number of nitrogens with zero attached hydrogens (tertiary/aromatic N) is 2. The molecule has 6 heteroatoms. The fourth-order valence-corrected chi connectivity index (χ4v) is 3.03. The molecule has 0 unspecified atom stereocenters. The molecule has 0 aliphatic carbocycles. The number of hydrogen-bond donors (Lipinski definition) is 1. The summed E-state index contributed by atoms with van der Waals surface area (Å²) >= 11 is 6.97. The number of rotatable bonds is 2. The highest BCUT2D eigenvalue weighted by Gasteiger charge is 2.10. The lowest BCUT2D eigenvalue weighted by molar-refractivity contribution is 0.399. The van der Waals surface area contributed by atoms with Crippen molar-refractivity contribution in [3.05, 3.63) is 39.3 Å². The Bertz CT molecular complexity index is 755. The number of imidazole rings is 1. The lowest BCUT2D eigenvalue weighted by Gasteiger charge is -2.00. The molecule has 19 heavy (non-hydrogen) atoms. The van der Waals surface area contributed by atoms with E-state index < -0.39 is 0 Å². The van der Waals surface area contributed by atoms with Crippen molar-refractivity contribution in [3.63, 3.8) is 0 Å². The van der Waals surface area contributed by atoms with Crippen molar-refractivity contribution < 1.29 is 4.74 Å². The van der Waals surface area contributed by atoms with E-state index in [4.69, 9.17) is 4.74 Å². The maximum atomic E-state index is 5.10. The van der Waals surface area contributed by atoms with Gasteiger partial charge in [-0.1, -0.05) is 15.9 Å². The van der Waals surface area contributed by atoms with Crippen LogP contribution < -0.4 is 4.74 Å². The molecule has 0 saturated heterocycles. The van der Waals surface area contributed by atoms with Gasteiger partial charge in [0.05, 0.1) is 12.6 Å². The van der Waals surface area contributed by atoms with E-state index in [1.54, 1.807) is 13.2 Å². The van der Waals surface area contributed by atoms with Crippen LogP contribution in [0, 0.1) is 0 Å². The minimum atomic E-state index is 0.556. The quantitative estimate of drug-likeness (QED) is 0.723. The Labute approximate surface area is 126 Å². The molecule has 0 radical (unpaired) electrons. The summed E-state index contributed by atoms with van der Waals surface area (Å²) in [5.74, 6) is 1.33.